The molecular weight excluding hydrogens is 258 g/mol. The predicted octanol–water partition coefficient (Wildman–Crippen LogP) is 5.26. The standard InChI is InChI=1S/C17H16F2O/c1-12(2)20-17(18,19)16-10-8-15(9-11-16)14-6-4-13(3)5-7-14/h4-11H,1H2,2-3H3. The number of hydrogen-bond donors (Lipinski definition) is 0. The molecule has 0 saturated heterocycles. The largest absolute Gasteiger partial charge is 0.434 e. The van der Waals surface area contributed by atoms with E-state index in [4.69, 9.17) is 0 Å². The number of benzene rings is 2. The van der Waals surface area contributed by atoms with Gasteiger partial charge in [-0.15, -0.1) is 0 Å². The number of alkyl halides is 2. The van der Waals surface area contributed by atoms with Crippen LogP contribution in [0.1, 0.15) is 18.1 Å². The van der Waals surface area contributed by atoms with E-state index >= 15 is 0 Å². The van der Waals surface area contributed by atoms with Crippen LogP contribution in [0.5, 0.6) is 0 Å². The van der Waals surface area contributed by atoms with Crippen molar-refractivity contribution in [1.82, 2.24) is 0 Å². The summed E-state index contributed by atoms with van der Waals surface area (Å²) in [6.45, 7) is 6.74. The van der Waals surface area contributed by atoms with Gasteiger partial charge in [-0.1, -0.05) is 48.5 Å². The lowest BCUT2D eigenvalue weighted by Crippen LogP contribution is -2.16. The SMILES string of the molecule is C=C(C)OC(F)(F)c1ccc(-c2ccc(C)cc2)cc1. The van der Waals surface area contributed by atoms with E-state index < -0.39 is 6.11 Å². The van der Waals surface area contributed by atoms with Crippen LogP contribution in [0.2, 0.25) is 0 Å². The van der Waals surface area contributed by atoms with Gasteiger partial charge in [0, 0.05) is 0 Å². The van der Waals surface area contributed by atoms with Gasteiger partial charge in [-0.2, -0.15) is 8.78 Å². The first-order chi connectivity index (χ1) is 9.38. The van der Waals surface area contributed by atoms with Gasteiger partial charge >= 0.3 is 6.11 Å². The Balaban J connectivity index is 2.26. The van der Waals surface area contributed by atoms with Gasteiger partial charge in [-0.25, -0.2) is 0 Å². The molecule has 104 valence electrons. The number of ether oxygens (including phenoxy) is 1. The van der Waals surface area contributed by atoms with Crippen molar-refractivity contribution in [2.75, 3.05) is 0 Å². The minimum absolute atomic E-state index is 0.0161. The fourth-order valence-electron chi connectivity index (χ4n) is 1.88. The number of rotatable bonds is 4. The molecular formula is C17H16F2O. The van der Waals surface area contributed by atoms with Crippen molar-refractivity contribution in [2.45, 2.75) is 20.0 Å². The highest BCUT2D eigenvalue weighted by Gasteiger charge is 2.33. The van der Waals surface area contributed by atoms with Crippen molar-refractivity contribution in [2.24, 2.45) is 0 Å². The van der Waals surface area contributed by atoms with Crippen molar-refractivity contribution in [3.8, 4) is 11.1 Å². The molecule has 0 N–H and O–H groups in total. The van der Waals surface area contributed by atoms with Crippen LogP contribution in [0, 0.1) is 6.92 Å². The quantitative estimate of drug-likeness (QED) is 0.691. The molecule has 0 aliphatic heterocycles. The molecule has 0 bridgehead atoms. The molecule has 1 nitrogen and oxygen atoms in total. The molecule has 0 spiro atoms. The fourth-order valence-corrected chi connectivity index (χ4v) is 1.88. The topological polar surface area (TPSA) is 9.23 Å². The first-order valence-corrected chi connectivity index (χ1v) is 6.28. The summed E-state index contributed by atoms with van der Waals surface area (Å²) in [7, 11) is 0. The molecule has 0 unspecified atom stereocenters. The Morgan fingerprint density at radius 1 is 0.950 bits per heavy atom. The Morgan fingerprint density at radius 3 is 1.85 bits per heavy atom. The summed E-state index contributed by atoms with van der Waals surface area (Å²) in [4.78, 5) is 0. The van der Waals surface area contributed by atoms with Gasteiger partial charge in [0.15, 0.2) is 0 Å². The van der Waals surface area contributed by atoms with Crippen LogP contribution in [-0.4, -0.2) is 0 Å². The van der Waals surface area contributed by atoms with Crippen LogP contribution >= 0.6 is 0 Å². The first kappa shape index (κ1) is 14.3. The molecule has 2 aromatic rings. The number of allylic oxidation sites excluding steroid dienone is 1. The zero-order chi connectivity index (χ0) is 14.8. The molecule has 0 heterocycles. The molecule has 0 aliphatic rings. The minimum atomic E-state index is -3.35. The molecule has 0 saturated carbocycles. The van der Waals surface area contributed by atoms with Gasteiger partial charge in [-0.3, -0.25) is 0 Å². The van der Waals surface area contributed by atoms with Crippen molar-refractivity contribution >= 4 is 0 Å². The molecule has 2 rings (SSSR count). The number of hydrogen-bond acceptors (Lipinski definition) is 1. The van der Waals surface area contributed by atoms with Crippen LogP contribution in [0.4, 0.5) is 8.78 Å². The van der Waals surface area contributed by atoms with Crippen molar-refractivity contribution in [1.29, 1.82) is 0 Å². The summed E-state index contributed by atoms with van der Waals surface area (Å²) in [5, 5.41) is 0. The van der Waals surface area contributed by atoms with Crippen LogP contribution < -0.4 is 0 Å². The normalized spacial score (nSPS) is 11.2. The van der Waals surface area contributed by atoms with Crippen LogP contribution in [0.15, 0.2) is 60.9 Å². The highest BCUT2D eigenvalue weighted by atomic mass is 19.3. The average Bonchev–Trinajstić information content (AvgIpc) is 2.38. The van der Waals surface area contributed by atoms with Crippen molar-refractivity contribution in [3.05, 3.63) is 72.0 Å². The Bertz CT molecular complexity index is 598. The summed E-state index contributed by atoms with van der Waals surface area (Å²) >= 11 is 0. The smallest absolute Gasteiger partial charge is 0.426 e. The van der Waals surface area contributed by atoms with E-state index in [9.17, 15) is 8.78 Å². The first-order valence-electron chi connectivity index (χ1n) is 6.28. The molecule has 0 aliphatic carbocycles. The van der Waals surface area contributed by atoms with E-state index in [1.54, 1.807) is 12.1 Å². The number of halogens is 2. The predicted molar refractivity (Wildman–Crippen MR) is 76.4 cm³/mol. The summed E-state index contributed by atoms with van der Waals surface area (Å²) in [5.41, 5.74) is 2.86. The molecule has 20 heavy (non-hydrogen) atoms. The van der Waals surface area contributed by atoms with E-state index in [1.807, 2.05) is 31.2 Å². The lowest BCUT2D eigenvalue weighted by atomic mass is 10.0. The van der Waals surface area contributed by atoms with Gasteiger partial charge in [-0.05, 0) is 37.1 Å². The van der Waals surface area contributed by atoms with Crippen LogP contribution in [-0.2, 0) is 10.8 Å². The average molecular weight is 274 g/mol. The third-order valence-electron chi connectivity index (χ3n) is 2.91. The summed E-state index contributed by atoms with van der Waals surface area (Å²) < 4.78 is 31.9. The molecule has 0 aromatic heterocycles. The van der Waals surface area contributed by atoms with E-state index in [0.717, 1.165) is 16.7 Å². The minimum Gasteiger partial charge on any atom is -0.434 e. The molecule has 0 fully saturated rings. The third-order valence-corrected chi connectivity index (χ3v) is 2.91. The van der Waals surface area contributed by atoms with Crippen molar-refractivity contribution < 1.29 is 13.5 Å². The highest BCUT2D eigenvalue weighted by molar-refractivity contribution is 5.64. The Hall–Kier alpha value is -2.16. The fraction of sp³-hybridized carbons (Fsp3) is 0.176. The van der Waals surface area contributed by atoms with E-state index in [2.05, 4.69) is 11.3 Å². The summed E-state index contributed by atoms with van der Waals surface area (Å²) in [6, 6.07) is 14.0. The van der Waals surface area contributed by atoms with Gasteiger partial charge in [0.25, 0.3) is 0 Å². The maximum atomic E-state index is 13.7. The Morgan fingerprint density at radius 2 is 1.40 bits per heavy atom. The lowest BCUT2D eigenvalue weighted by molar-refractivity contribution is -0.223. The third kappa shape index (κ3) is 3.23. The molecule has 0 radical (unpaired) electrons. The number of aryl methyl sites for hydroxylation is 1. The zero-order valence-electron chi connectivity index (χ0n) is 11.5. The Kier molecular flexibility index (Phi) is 3.89. The summed E-state index contributed by atoms with van der Waals surface area (Å²) in [5.74, 6) is -0.0161. The Labute approximate surface area is 117 Å². The van der Waals surface area contributed by atoms with Crippen LogP contribution in [0.25, 0.3) is 11.1 Å². The second-order valence-electron chi connectivity index (χ2n) is 4.76. The van der Waals surface area contributed by atoms with E-state index in [1.165, 1.54) is 19.1 Å². The second-order valence-corrected chi connectivity index (χ2v) is 4.76. The van der Waals surface area contributed by atoms with Crippen molar-refractivity contribution in [3.63, 3.8) is 0 Å². The van der Waals surface area contributed by atoms with Gasteiger partial charge in [0.1, 0.15) is 0 Å². The summed E-state index contributed by atoms with van der Waals surface area (Å²) in [6.07, 6.45) is -3.35. The van der Waals surface area contributed by atoms with Gasteiger partial charge in [0.2, 0.25) is 0 Å². The molecule has 0 atom stereocenters. The van der Waals surface area contributed by atoms with Gasteiger partial charge in [0.05, 0.1) is 11.3 Å². The van der Waals surface area contributed by atoms with Gasteiger partial charge < -0.3 is 4.74 Å². The maximum Gasteiger partial charge on any atom is 0.426 e. The van der Waals surface area contributed by atoms with Crippen LogP contribution in [0.3, 0.4) is 0 Å². The van der Waals surface area contributed by atoms with E-state index in [0.29, 0.717) is 0 Å². The second kappa shape index (κ2) is 5.45. The van der Waals surface area contributed by atoms with E-state index in [-0.39, 0.29) is 11.3 Å². The zero-order valence-corrected chi connectivity index (χ0v) is 11.5. The molecule has 3 heteroatoms. The monoisotopic (exact) mass is 274 g/mol. The maximum absolute atomic E-state index is 13.7. The highest BCUT2D eigenvalue weighted by Crippen LogP contribution is 2.32. The lowest BCUT2D eigenvalue weighted by Gasteiger charge is -2.18. The molecule has 2 aromatic carbocycles. The molecule has 0 amide bonds.